The van der Waals surface area contributed by atoms with Gasteiger partial charge in [0.1, 0.15) is 41.3 Å². The van der Waals surface area contributed by atoms with Crippen LogP contribution >= 0.6 is 11.3 Å². The van der Waals surface area contributed by atoms with Crippen LogP contribution in [0.2, 0.25) is 0 Å². The van der Waals surface area contributed by atoms with Gasteiger partial charge in [-0.3, -0.25) is 24.4 Å². The number of phenols is 1. The highest BCUT2D eigenvalue weighted by molar-refractivity contribution is 7.13. The Balaban J connectivity index is 0.685. The fourth-order valence-corrected chi connectivity index (χ4v) is 13.7. The lowest BCUT2D eigenvalue weighted by Gasteiger charge is -2.45. The van der Waals surface area contributed by atoms with Gasteiger partial charge in [0.05, 0.1) is 33.6 Å². The molecule has 12 rings (SSSR count). The van der Waals surface area contributed by atoms with Crippen molar-refractivity contribution < 1.29 is 28.3 Å². The molecule has 79 heavy (non-hydrogen) atoms. The van der Waals surface area contributed by atoms with Gasteiger partial charge in [-0.2, -0.15) is 9.97 Å². The second kappa shape index (κ2) is 22.0. The number of rotatable bonds is 16. The lowest BCUT2D eigenvalue weighted by molar-refractivity contribution is -0.141. The highest BCUT2D eigenvalue weighted by Gasteiger charge is 2.42. The number of halogens is 1. The third-order valence-electron chi connectivity index (χ3n) is 17.3. The van der Waals surface area contributed by atoms with Crippen LogP contribution in [0.25, 0.3) is 43.4 Å². The monoisotopic (exact) mass is 1090 g/mol. The van der Waals surface area contributed by atoms with Crippen molar-refractivity contribution in [3.05, 3.63) is 101 Å². The number of amides is 2. The zero-order valence-corrected chi connectivity index (χ0v) is 46.8. The Labute approximate surface area is 464 Å². The maximum atomic E-state index is 17.3. The van der Waals surface area contributed by atoms with Gasteiger partial charge in [0, 0.05) is 94.7 Å². The van der Waals surface area contributed by atoms with Crippen LogP contribution < -0.4 is 25.2 Å². The third kappa shape index (κ3) is 10.5. The van der Waals surface area contributed by atoms with E-state index in [4.69, 9.17) is 24.2 Å². The van der Waals surface area contributed by atoms with Gasteiger partial charge in [0.15, 0.2) is 17.4 Å². The number of carbonyl (C=O) groups is 2. The van der Waals surface area contributed by atoms with Crippen LogP contribution in [-0.4, -0.2) is 153 Å². The smallest absolute Gasteiger partial charge is 0.319 e. The maximum Gasteiger partial charge on any atom is 0.319 e. The number of aryl methyl sites for hydroxylation is 2. The summed E-state index contributed by atoms with van der Waals surface area (Å²) in [5, 5.41) is 24.4. The number of hydrogen-bond donors (Lipinski definition) is 3. The predicted octanol–water partition coefficient (Wildman–Crippen LogP) is 8.35. The Morgan fingerprint density at radius 3 is 2.49 bits per heavy atom. The molecular weight excluding hydrogens is 1020 g/mol. The Bertz CT molecular complexity index is 3370. The second-order valence-corrected chi connectivity index (χ2v) is 23.9. The number of fused-ring (bicyclic) bond motifs is 4. The van der Waals surface area contributed by atoms with Crippen molar-refractivity contribution in [2.75, 3.05) is 82.4 Å². The number of likely N-dealkylation sites (N-methyl/N-ethyl adjacent to an activating group) is 1. The van der Waals surface area contributed by atoms with E-state index >= 15 is 4.39 Å². The molecule has 17 nitrogen and oxygen atoms in total. The fraction of sp³-hybridized carbons (Fsp3) is 0.483. The standard InChI is InChI=1S/C60H71FN12O5S/c1-7-38-10-8-11-41-22-45(74)23-46(52(38)41)54-53(61)55-47(25-62-54)57(72-29-42-17-18-43(30-72)65-42)67-60(66-55)77-32-44-31-70(21-20-69(44)6)26-37-27-71(28-37)50-24-49(78-68-50)51(34(2)3)59(76)73-19-9-12-48(73)58(75)64-35(4)39-13-15-40(16-14-39)56-36(5)63-33-79-56/h8,10-11,13-16,22-25,33-35,37,42-44,48,51,65,74H,7,9,12,17-21,26-32H2,1-6H3,(H,64,75)/t35-,42?,43?,44+,48-,51-/m0/s1. The van der Waals surface area contributed by atoms with Crippen LogP contribution in [0.5, 0.6) is 11.8 Å². The summed E-state index contributed by atoms with van der Waals surface area (Å²) in [4.78, 5) is 59.3. The summed E-state index contributed by atoms with van der Waals surface area (Å²) in [6.07, 6.45) is 5.93. The summed E-state index contributed by atoms with van der Waals surface area (Å²) in [5.41, 5.74) is 6.78. The molecule has 5 saturated heterocycles. The number of nitrogens with one attached hydrogen (secondary N) is 2. The van der Waals surface area contributed by atoms with Crippen LogP contribution in [0.4, 0.5) is 16.0 Å². The van der Waals surface area contributed by atoms with Crippen molar-refractivity contribution in [2.24, 2.45) is 11.8 Å². The Morgan fingerprint density at radius 2 is 1.75 bits per heavy atom. The highest BCUT2D eigenvalue weighted by Crippen LogP contribution is 2.40. The normalized spacial score (nSPS) is 21.8. The first-order valence-electron chi connectivity index (χ1n) is 28.3. The molecule has 0 saturated carbocycles. The molecule has 19 heteroatoms. The van der Waals surface area contributed by atoms with Gasteiger partial charge in [-0.1, -0.05) is 68.4 Å². The van der Waals surface area contributed by atoms with Crippen molar-refractivity contribution in [1.29, 1.82) is 0 Å². The molecule has 4 aromatic heterocycles. The van der Waals surface area contributed by atoms with Crippen LogP contribution in [0.1, 0.15) is 87.9 Å². The average Bonchev–Trinajstić information content (AvgIpc) is 4.41. The molecule has 9 heterocycles. The third-order valence-corrected chi connectivity index (χ3v) is 18.3. The number of aromatic hydroxyl groups is 1. The van der Waals surface area contributed by atoms with Crippen molar-refractivity contribution in [3.63, 3.8) is 0 Å². The van der Waals surface area contributed by atoms with Gasteiger partial charge < -0.3 is 39.7 Å². The van der Waals surface area contributed by atoms with E-state index in [1.807, 2.05) is 69.6 Å². The molecule has 5 aliphatic rings. The molecule has 5 aliphatic heterocycles. The highest BCUT2D eigenvalue weighted by atomic mass is 32.1. The van der Waals surface area contributed by atoms with E-state index in [9.17, 15) is 14.7 Å². The zero-order chi connectivity index (χ0) is 54.6. The summed E-state index contributed by atoms with van der Waals surface area (Å²) in [5.74, 6) is 0.832. The number of thiazole rings is 1. The van der Waals surface area contributed by atoms with E-state index in [0.29, 0.717) is 60.1 Å². The minimum atomic E-state index is -0.576. The van der Waals surface area contributed by atoms with E-state index < -0.39 is 17.8 Å². The van der Waals surface area contributed by atoms with E-state index in [2.05, 4.69) is 66.5 Å². The summed E-state index contributed by atoms with van der Waals surface area (Å²) in [7, 11) is 2.12. The van der Waals surface area contributed by atoms with E-state index in [-0.39, 0.29) is 52.8 Å². The van der Waals surface area contributed by atoms with Crippen molar-refractivity contribution >= 4 is 56.5 Å². The van der Waals surface area contributed by atoms with Crippen LogP contribution in [0.3, 0.4) is 0 Å². The summed E-state index contributed by atoms with van der Waals surface area (Å²) in [6, 6.07) is 19.4. The Hall–Kier alpha value is -6.80. The minimum absolute atomic E-state index is 0.0385. The molecule has 6 atom stereocenters. The first kappa shape index (κ1) is 52.9. The molecule has 2 bridgehead atoms. The second-order valence-electron chi connectivity index (χ2n) is 23.0. The molecule has 0 aliphatic carbocycles. The average molecular weight is 1090 g/mol. The first-order chi connectivity index (χ1) is 38.3. The molecule has 3 aromatic carbocycles. The molecule has 2 unspecified atom stereocenters. The molecule has 0 spiro atoms. The van der Waals surface area contributed by atoms with Gasteiger partial charge in [-0.25, -0.2) is 9.37 Å². The largest absolute Gasteiger partial charge is 0.508 e. The maximum absolute atomic E-state index is 17.3. The quantitative estimate of drug-likeness (QED) is 0.0840. The van der Waals surface area contributed by atoms with Gasteiger partial charge in [0.2, 0.25) is 11.8 Å². The van der Waals surface area contributed by atoms with Gasteiger partial charge in [-0.15, -0.1) is 11.3 Å². The Kier molecular flexibility index (Phi) is 14.7. The number of hydrogen-bond acceptors (Lipinski definition) is 16. The molecule has 0 radical (unpaired) electrons. The van der Waals surface area contributed by atoms with Crippen LogP contribution in [-0.2, 0) is 16.0 Å². The van der Waals surface area contributed by atoms with Crippen LogP contribution in [0, 0.1) is 24.6 Å². The number of ether oxygens (including phenoxy) is 1. The number of phenolic OH excluding ortho intramolecular Hbond substituents is 1. The number of piperazine rings is 2. The number of pyridine rings is 1. The lowest BCUT2D eigenvalue weighted by Crippen LogP contribution is -2.58. The molecule has 3 N–H and O–H groups in total. The van der Waals surface area contributed by atoms with E-state index in [1.165, 1.54) is 0 Å². The topological polar surface area (TPSA) is 181 Å². The number of benzene rings is 3. The fourth-order valence-electron chi connectivity index (χ4n) is 12.9. The summed E-state index contributed by atoms with van der Waals surface area (Å²) in [6.45, 7) is 17.5. The van der Waals surface area contributed by atoms with E-state index in [1.54, 1.807) is 34.6 Å². The first-order valence-corrected chi connectivity index (χ1v) is 29.1. The van der Waals surface area contributed by atoms with E-state index in [0.717, 1.165) is 122 Å². The van der Waals surface area contributed by atoms with Gasteiger partial charge in [0.25, 0.3) is 0 Å². The SMILES string of the molecule is CCc1cccc2cc(O)cc(-c3ncc4c(N5CC6CCC(C5)N6)nc(OC[C@H]5CN(CC6CN(c7cc([C@@H](C(=O)N8CCC[C@H]8C(=O)N[C@@H](C)c8ccc(-c9scnc9C)cc8)C(C)C)on7)C6)CCN5C)nc4c3F)c12. The number of anilines is 2. The molecular formula is C60H71FN12O5S. The van der Waals surface area contributed by atoms with Crippen LogP contribution in [0.15, 0.2) is 76.9 Å². The van der Waals surface area contributed by atoms with Crippen molar-refractivity contribution in [3.8, 4) is 33.5 Å². The predicted molar refractivity (Wildman–Crippen MR) is 305 cm³/mol. The van der Waals surface area contributed by atoms with Gasteiger partial charge >= 0.3 is 6.01 Å². The molecule has 414 valence electrons. The molecule has 5 fully saturated rings. The van der Waals surface area contributed by atoms with Crippen molar-refractivity contribution in [2.45, 2.75) is 103 Å². The molecule has 2 amide bonds. The summed E-state index contributed by atoms with van der Waals surface area (Å²) >= 11 is 1.61. The van der Waals surface area contributed by atoms with Crippen molar-refractivity contribution in [1.82, 2.24) is 50.4 Å². The minimum Gasteiger partial charge on any atom is -0.508 e. The summed E-state index contributed by atoms with van der Waals surface area (Å²) < 4.78 is 29.8. The number of likely N-dealkylation sites (tertiary alicyclic amines) is 1. The number of aromatic nitrogens is 5. The number of nitrogens with zero attached hydrogens (tertiary/aromatic N) is 10. The zero-order valence-electron chi connectivity index (χ0n) is 46.0. The molecule has 7 aromatic rings. The Morgan fingerprint density at radius 1 is 0.949 bits per heavy atom. The number of carbonyl (C=O) groups excluding carboxylic acids is 2. The van der Waals surface area contributed by atoms with Gasteiger partial charge in [-0.05, 0) is 98.5 Å². The lowest BCUT2D eigenvalue weighted by atomic mass is 9.91.